The molecule has 3 aromatic carbocycles. The summed E-state index contributed by atoms with van der Waals surface area (Å²) in [6.45, 7) is 5.76. The van der Waals surface area contributed by atoms with E-state index in [4.69, 9.17) is 23.2 Å². The SMILES string of the molecule is CC(O)c1ccc(C(C)(C)c2cnc(SCc3ccc(Cl)c(C(=O)O)c3)n2-c2ccc(F)cc2)cc1Cl. The summed E-state index contributed by atoms with van der Waals surface area (Å²) in [4.78, 5) is 16.2. The highest BCUT2D eigenvalue weighted by molar-refractivity contribution is 7.98. The molecule has 0 aliphatic rings. The van der Waals surface area contributed by atoms with Crippen LogP contribution in [0.3, 0.4) is 0 Å². The maximum atomic E-state index is 13.8. The Balaban J connectivity index is 1.76. The van der Waals surface area contributed by atoms with E-state index in [0.29, 0.717) is 21.5 Å². The first kappa shape index (κ1) is 27.2. The maximum Gasteiger partial charge on any atom is 0.337 e. The first-order chi connectivity index (χ1) is 17.5. The Labute approximate surface area is 228 Å². The summed E-state index contributed by atoms with van der Waals surface area (Å²) >= 11 is 13.9. The third kappa shape index (κ3) is 5.70. The average molecular weight is 559 g/mol. The molecule has 0 spiro atoms. The van der Waals surface area contributed by atoms with Gasteiger partial charge in [0.05, 0.1) is 28.6 Å². The minimum Gasteiger partial charge on any atom is -0.478 e. The Kier molecular flexibility index (Phi) is 7.99. The summed E-state index contributed by atoms with van der Waals surface area (Å²) in [5, 5.41) is 20.7. The molecule has 37 heavy (non-hydrogen) atoms. The number of aliphatic hydroxyl groups is 1. The normalized spacial score (nSPS) is 12.5. The summed E-state index contributed by atoms with van der Waals surface area (Å²) in [7, 11) is 0. The van der Waals surface area contributed by atoms with Crippen LogP contribution in [-0.4, -0.2) is 25.7 Å². The number of aliphatic hydroxyl groups excluding tert-OH is 1. The van der Waals surface area contributed by atoms with Crippen molar-refractivity contribution in [1.29, 1.82) is 0 Å². The average Bonchev–Trinajstić information content (AvgIpc) is 3.28. The molecule has 0 aliphatic carbocycles. The Morgan fingerprint density at radius 2 is 1.78 bits per heavy atom. The molecule has 5 nitrogen and oxygen atoms in total. The van der Waals surface area contributed by atoms with E-state index in [-0.39, 0.29) is 16.4 Å². The number of carboxylic acids is 1. The van der Waals surface area contributed by atoms with E-state index >= 15 is 0 Å². The second kappa shape index (κ2) is 10.9. The van der Waals surface area contributed by atoms with Gasteiger partial charge in [-0.1, -0.05) is 67.0 Å². The van der Waals surface area contributed by atoms with Crippen LogP contribution in [0.4, 0.5) is 4.39 Å². The van der Waals surface area contributed by atoms with Gasteiger partial charge in [-0.3, -0.25) is 4.57 Å². The van der Waals surface area contributed by atoms with Crippen molar-refractivity contribution in [2.75, 3.05) is 0 Å². The monoisotopic (exact) mass is 558 g/mol. The van der Waals surface area contributed by atoms with Gasteiger partial charge in [0, 0.05) is 21.9 Å². The van der Waals surface area contributed by atoms with Crippen LogP contribution in [0.25, 0.3) is 5.69 Å². The number of thioether (sulfide) groups is 1. The lowest BCUT2D eigenvalue weighted by atomic mass is 9.81. The number of rotatable bonds is 8. The van der Waals surface area contributed by atoms with E-state index in [1.807, 2.05) is 36.6 Å². The van der Waals surface area contributed by atoms with Gasteiger partial charge in [-0.05, 0) is 66.1 Å². The van der Waals surface area contributed by atoms with E-state index in [1.54, 1.807) is 43.5 Å². The van der Waals surface area contributed by atoms with Gasteiger partial charge in [0.15, 0.2) is 5.16 Å². The van der Waals surface area contributed by atoms with Gasteiger partial charge in [0.1, 0.15) is 5.82 Å². The molecule has 0 bridgehead atoms. The van der Waals surface area contributed by atoms with Gasteiger partial charge < -0.3 is 10.2 Å². The number of hydrogen-bond acceptors (Lipinski definition) is 4. The summed E-state index contributed by atoms with van der Waals surface area (Å²) in [5.74, 6) is -0.986. The van der Waals surface area contributed by atoms with Crippen molar-refractivity contribution < 1.29 is 19.4 Å². The molecule has 1 heterocycles. The first-order valence-corrected chi connectivity index (χ1v) is 13.2. The molecular weight excluding hydrogens is 534 g/mol. The third-order valence-corrected chi connectivity index (χ3v) is 7.94. The minimum absolute atomic E-state index is 0.0426. The van der Waals surface area contributed by atoms with Crippen LogP contribution >= 0.6 is 35.0 Å². The van der Waals surface area contributed by atoms with Crippen LogP contribution < -0.4 is 0 Å². The molecule has 192 valence electrons. The van der Waals surface area contributed by atoms with Crippen molar-refractivity contribution >= 4 is 40.9 Å². The van der Waals surface area contributed by atoms with Crippen LogP contribution in [0.2, 0.25) is 10.0 Å². The number of hydrogen-bond donors (Lipinski definition) is 2. The van der Waals surface area contributed by atoms with Crippen LogP contribution in [0.15, 0.2) is 72.0 Å². The highest BCUT2D eigenvalue weighted by Gasteiger charge is 2.30. The van der Waals surface area contributed by atoms with Gasteiger partial charge in [-0.2, -0.15) is 0 Å². The number of aromatic nitrogens is 2. The second-order valence-corrected chi connectivity index (χ2v) is 10.9. The molecule has 0 radical (unpaired) electrons. The maximum absolute atomic E-state index is 13.8. The number of benzene rings is 3. The summed E-state index contributed by atoms with van der Waals surface area (Å²) in [6, 6.07) is 16.7. The Hall–Kier alpha value is -2.84. The molecule has 1 atom stereocenters. The van der Waals surface area contributed by atoms with E-state index in [9.17, 15) is 19.4 Å². The van der Waals surface area contributed by atoms with Crippen molar-refractivity contribution in [3.63, 3.8) is 0 Å². The number of nitrogens with zero attached hydrogens (tertiary/aromatic N) is 2. The highest BCUT2D eigenvalue weighted by Crippen LogP contribution is 2.38. The standard InChI is InChI=1S/C28H25Cl2FN2O3S/c1-16(34)21-10-5-18(13-24(21)30)28(2,3)25-14-32-27(33(25)20-8-6-19(31)7-9-20)37-15-17-4-11-23(29)22(12-17)26(35)36/h4-14,16,34H,15H2,1-3H3,(H,35,36). The largest absolute Gasteiger partial charge is 0.478 e. The van der Waals surface area contributed by atoms with Gasteiger partial charge in [-0.15, -0.1) is 0 Å². The van der Waals surface area contributed by atoms with Crippen molar-refractivity contribution in [2.45, 2.75) is 43.2 Å². The molecule has 9 heteroatoms. The van der Waals surface area contributed by atoms with E-state index in [0.717, 1.165) is 22.5 Å². The summed E-state index contributed by atoms with van der Waals surface area (Å²) < 4.78 is 15.7. The zero-order valence-electron chi connectivity index (χ0n) is 20.4. The third-order valence-electron chi connectivity index (χ3n) is 6.26. The minimum atomic E-state index is -1.09. The Morgan fingerprint density at radius 3 is 2.41 bits per heavy atom. The lowest BCUT2D eigenvalue weighted by molar-refractivity contribution is 0.0697. The Bertz CT molecular complexity index is 1450. The van der Waals surface area contributed by atoms with Crippen LogP contribution in [0.1, 0.15) is 59.6 Å². The van der Waals surface area contributed by atoms with Gasteiger partial charge in [0.25, 0.3) is 0 Å². The van der Waals surface area contributed by atoms with E-state index < -0.39 is 17.5 Å². The van der Waals surface area contributed by atoms with Crippen molar-refractivity contribution in [2.24, 2.45) is 0 Å². The molecule has 0 fully saturated rings. The highest BCUT2D eigenvalue weighted by atomic mass is 35.5. The number of halogens is 3. The zero-order valence-corrected chi connectivity index (χ0v) is 22.7. The topological polar surface area (TPSA) is 75.3 Å². The zero-order chi connectivity index (χ0) is 26.9. The van der Waals surface area contributed by atoms with Crippen LogP contribution in [-0.2, 0) is 11.2 Å². The molecule has 1 unspecified atom stereocenters. The summed E-state index contributed by atoms with van der Waals surface area (Å²) in [5.41, 5.74) is 3.42. The molecular formula is C28H25Cl2FN2O3S. The van der Waals surface area contributed by atoms with Crippen LogP contribution in [0.5, 0.6) is 0 Å². The van der Waals surface area contributed by atoms with Crippen molar-refractivity contribution in [3.05, 3.63) is 111 Å². The van der Waals surface area contributed by atoms with Gasteiger partial charge in [0.2, 0.25) is 0 Å². The van der Waals surface area contributed by atoms with E-state index in [1.165, 1.54) is 23.9 Å². The first-order valence-electron chi connectivity index (χ1n) is 11.5. The molecule has 2 N–H and O–H groups in total. The molecule has 4 rings (SSSR count). The quantitative estimate of drug-likeness (QED) is 0.217. The molecule has 4 aromatic rings. The predicted molar refractivity (Wildman–Crippen MR) is 146 cm³/mol. The lowest BCUT2D eigenvalue weighted by Crippen LogP contribution is -2.23. The molecule has 0 aliphatic heterocycles. The fraction of sp³-hybridized carbons (Fsp3) is 0.214. The molecule has 0 saturated carbocycles. The molecule has 0 amide bonds. The number of carboxylic acid groups (broad SMARTS) is 1. The van der Waals surface area contributed by atoms with Gasteiger partial charge in [-0.25, -0.2) is 14.2 Å². The van der Waals surface area contributed by atoms with Crippen molar-refractivity contribution in [1.82, 2.24) is 9.55 Å². The molecule has 0 saturated heterocycles. The molecule has 1 aromatic heterocycles. The smallest absolute Gasteiger partial charge is 0.337 e. The van der Waals surface area contributed by atoms with Gasteiger partial charge >= 0.3 is 5.97 Å². The lowest BCUT2D eigenvalue weighted by Gasteiger charge is -2.28. The number of carbonyl (C=O) groups is 1. The fourth-order valence-corrected chi connectivity index (χ4v) is 5.57. The predicted octanol–water partition coefficient (Wildman–Crippen LogP) is 7.69. The van der Waals surface area contributed by atoms with E-state index in [2.05, 4.69) is 4.98 Å². The Morgan fingerprint density at radius 1 is 1.08 bits per heavy atom. The fourth-order valence-electron chi connectivity index (χ4n) is 4.09. The van der Waals surface area contributed by atoms with Crippen LogP contribution in [0, 0.1) is 5.82 Å². The number of aromatic carboxylic acids is 1. The summed E-state index contributed by atoms with van der Waals surface area (Å²) in [6.07, 6.45) is 1.10. The van der Waals surface area contributed by atoms with Crippen molar-refractivity contribution in [3.8, 4) is 5.69 Å². The number of imidazole rings is 1. The second-order valence-electron chi connectivity index (χ2n) is 9.18.